The number of carbonyl (C=O) groups excluding carboxylic acids is 1. The molecule has 1 aliphatic rings. The van der Waals surface area contributed by atoms with E-state index in [1.807, 2.05) is 0 Å². The fraction of sp³-hybridized carbons (Fsp3) is 0.800. The largest absolute Gasteiger partial charge is 0.479 e. The van der Waals surface area contributed by atoms with Gasteiger partial charge in [0.05, 0.1) is 12.6 Å². The zero-order valence-corrected chi connectivity index (χ0v) is 10.1. The number of morpholine rings is 1. The number of carbonyl (C=O) groups is 2. The van der Waals surface area contributed by atoms with Crippen molar-refractivity contribution in [2.45, 2.75) is 25.3 Å². The highest BCUT2D eigenvalue weighted by molar-refractivity contribution is 5.79. The van der Waals surface area contributed by atoms with Crippen molar-refractivity contribution >= 4 is 11.9 Å². The SMILES string of the molecule is C[C@@H]1CN(C(=O)COCC(F)(F)F)CC(C(=O)O)O1. The zero-order valence-electron chi connectivity index (χ0n) is 10.1. The highest BCUT2D eigenvalue weighted by Gasteiger charge is 2.33. The van der Waals surface area contributed by atoms with E-state index in [0.29, 0.717) is 0 Å². The third kappa shape index (κ3) is 5.43. The van der Waals surface area contributed by atoms with Gasteiger partial charge in [-0.15, -0.1) is 0 Å². The first-order chi connectivity index (χ1) is 8.69. The maximum Gasteiger partial charge on any atom is 0.411 e. The van der Waals surface area contributed by atoms with Gasteiger partial charge >= 0.3 is 12.1 Å². The van der Waals surface area contributed by atoms with Gasteiger partial charge in [0.25, 0.3) is 0 Å². The lowest BCUT2D eigenvalue weighted by molar-refractivity contribution is -0.181. The number of halogens is 3. The summed E-state index contributed by atoms with van der Waals surface area (Å²) in [5.41, 5.74) is 0. The first kappa shape index (κ1) is 15.7. The third-order valence-corrected chi connectivity index (χ3v) is 2.38. The predicted octanol–water partition coefficient (Wildman–Crippen LogP) is 0.266. The Kier molecular flexibility index (Phi) is 5.12. The number of carboxylic acids is 1. The number of alkyl halides is 3. The van der Waals surface area contributed by atoms with E-state index in [-0.39, 0.29) is 13.1 Å². The van der Waals surface area contributed by atoms with Crippen LogP contribution in [0.25, 0.3) is 0 Å². The molecule has 1 rings (SSSR count). The molecule has 1 unspecified atom stereocenters. The molecule has 0 aliphatic carbocycles. The molecule has 1 fully saturated rings. The number of amides is 1. The summed E-state index contributed by atoms with van der Waals surface area (Å²) in [4.78, 5) is 23.5. The first-order valence-electron chi connectivity index (χ1n) is 5.49. The molecule has 1 saturated heterocycles. The summed E-state index contributed by atoms with van der Waals surface area (Å²) < 4.78 is 44.8. The van der Waals surface area contributed by atoms with E-state index in [9.17, 15) is 22.8 Å². The van der Waals surface area contributed by atoms with Gasteiger partial charge in [0.2, 0.25) is 5.91 Å². The monoisotopic (exact) mass is 285 g/mol. The molecular weight excluding hydrogens is 271 g/mol. The molecule has 1 aliphatic heterocycles. The van der Waals surface area contributed by atoms with Crippen LogP contribution in [0, 0.1) is 0 Å². The summed E-state index contributed by atoms with van der Waals surface area (Å²) in [5.74, 6) is -1.91. The van der Waals surface area contributed by atoms with Crippen molar-refractivity contribution in [3.8, 4) is 0 Å². The summed E-state index contributed by atoms with van der Waals surface area (Å²) in [6, 6.07) is 0. The number of hydrogen-bond acceptors (Lipinski definition) is 4. The normalized spacial score (nSPS) is 24.3. The maximum atomic E-state index is 11.8. The van der Waals surface area contributed by atoms with Crippen LogP contribution in [-0.4, -0.2) is 66.6 Å². The molecule has 0 aromatic carbocycles. The van der Waals surface area contributed by atoms with Gasteiger partial charge in [-0.3, -0.25) is 4.79 Å². The second kappa shape index (κ2) is 6.20. The quantitative estimate of drug-likeness (QED) is 0.802. The minimum atomic E-state index is -4.50. The number of carboxylic acid groups (broad SMARTS) is 1. The van der Waals surface area contributed by atoms with Crippen molar-refractivity contribution in [2.24, 2.45) is 0 Å². The lowest BCUT2D eigenvalue weighted by Crippen LogP contribution is -2.52. The lowest BCUT2D eigenvalue weighted by atomic mass is 10.2. The summed E-state index contributed by atoms with van der Waals surface area (Å²) in [7, 11) is 0. The molecule has 0 bridgehead atoms. The van der Waals surface area contributed by atoms with Gasteiger partial charge in [-0.25, -0.2) is 4.79 Å². The average Bonchev–Trinajstić information content (AvgIpc) is 2.26. The van der Waals surface area contributed by atoms with Gasteiger partial charge in [-0.05, 0) is 6.92 Å². The van der Waals surface area contributed by atoms with Crippen LogP contribution < -0.4 is 0 Å². The molecule has 19 heavy (non-hydrogen) atoms. The molecule has 9 heteroatoms. The van der Waals surface area contributed by atoms with E-state index in [4.69, 9.17) is 9.84 Å². The van der Waals surface area contributed by atoms with Crippen LogP contribution in [0.5, 0.6) is 0 Å². The van der Waals surface area contributed by atoms with E-state index in [1.54, 1.807) is 6.92 Å². The Morgan fingerprint density at radius 3 is 2.58 bits per heavy atom. The Hall–Kier alpha value is -1.35. The van der Waals surface area contributed by atoms with E-state index >= 15 is 0 Å². The molecule has 1 amide bonds. The van der Waals surface area contributed by atoms with Crippen LogP contribution in [0.2, 0.25) is 0 Å². The van der Waals surface area contributed by atoms with Crippen molar-refractivity contribution in [1.29, 1.82) is 0 Å². The van der Waals surface area contributed by atoms with Crippen LogP contribution >= 0.6 is 0 Å². The van der Waals surface area contributed by atoms with Crippen molar-refractivity contribution in [3.05, 3.63) is 0 Å². The molecule has 0 aromatic heterocycles. The highest BCUT2D eigenvalue weighted by Crippen LogP contribution is 2.15. The maximum absolute atomic E-state index is 11.8. The van der Waals surface area contributed by atoms with Crippen molar-refractivity contribution in [2.75, 3.05) is 26.3 Å². The van der Waals surface area contributed by atoms with E-state index in [1.165, 1.54) is 0 Å². The third-order valence-electron chi connectivity index (χ3n) is 2.38. The van der Waals surface area contributed by atoms with Crippen molar-refractivity contribution in [1.82, 2.24) is 4.90 Å². The fourth-order valence-corrected chi connectivity index (χ4v) is 1.64. The van der Waals surface area contributed by atoms with Gasteiger partial charge in [0.15, 0.2) is 6.10 Å². The molecule has 0 spiro atoms. The van der Waals surface area contributed by atoms with Crippen molar-refractivity contribution in [3.63, 3.8) is 0 Å². The second-order valence-corrected chi connectivity index (χ2v) is 4.18. The van der Waals surface area contributed by atoms with Crippen LogP contribution in [0.4, 0.5) is 13.2 Å². The Bertz CT molecular complexity index is 347. The molecule has 0 radical (unpaired) electrons. The fourth-order valence-electron chi connectivity index (χ4n) is 1.64. The van der Waals surface area contributed by atoms with Gasteiger partial charge in [-0.2, -0.15) is 13.2 Å². The molecule has 0 aromatic rings. The number of hydrogen-bond donors (Lipinski definition) is 1. The van der Waals surface area contributed by atoms with Crippen LogP contribution in [0.15, 0.2) is 0 Å². The molecule has 1 heterocycles. The predicted molar refractivity (Wildman–Crippen MR) is 55.4 cm³/mol. The Morgan fingerprint density at radius 2 is 2.05 bits per heavy atom. The van der Waals surface area contributed by atoms with Crippen LogP contribution in [0.1, 0.15) is 6.92 Å². The summed E-state index contributed by atoms with van der Waals surface area (Å²) >= 11 is 0. The molecular formula is C10H14F3NO5. The minimum absolute atomic E-state index is 0.123. The van der Waals surface area contributed by atoms with E-state index in [2.05, 4.69) is 4.74 Å². The Morgan fingerprint density at radius 1 is 1.42 bits per heavy atom. The minimum Gasteiger partial charge on any atom is -0.479 e. The average molecular weight is 285 g/mol. The van der Waals surface area contributed by atoms with Gasteiger partial charge in [0, 0.05) is 6.54 Å². The van der Waals surface area contributed by atoms with E-state index < -0.39 is 43.5 Å². The first-order valence-corrected chi connectivity index (χ1v) is 5.49. The molecule has 110 valence electrons. The van der Waals surface area contributed by atoms with Crippen molar-refractivity contribution < 1.29 is 37.3 Å². The molecule has 1 N–H and O–H groups in total. The smallest absolute Gasteiger partial charge is 0.411 e. The number of aliphatic carboxylic acids is 1. The van der Waals surface area contributed by atoms with Crippen LogP contribution in [0.3, 0.4) is 0 Å². The topological polar surface area (TPSA) is 76.1 Å². The van der Waals surface area contributed by atoms with Gasteiger partial charge < -0.3 is 19.5 Å². The Balaban J connectivity index is 2.45. The Labute approximate surface area is 107 Å². The highest BCUT2D eigenvalue weighted by atomic mass is 19.4. The summed E-state index contributed by atoms with van der Waals surface area (Å²) in [6.07, 6.45) is -6.17. The lowest BCUT2D eigenvalue weighted by Gasteiger charge is -2.34. The number of nitrogens with zero attached hydrogens (tertiary/aromatic N) is 1. The molecule has 6 nitrogen and oxygen atoms in total. The summed E-state index contributed by atoms with van der Waals surface area (Å²) in [5, 5.41) is 8.80. The van der Waals surface area contributed by atoms with E-state index in [0.717, 1.165) is 4.90 Å². The van der Waals surface area contributed by atoms with Gasteiger partial charge in [0.1, 0.15) is 13.2 Å². The number of rotatable bonds is 4. The van der Waals surface area contributed by atoms with Gasteiger partial charge in [-0.1, -0.05) is 0 Å². The standard InChI is InChI=1S/C10H14F3NO5/c1-6-2-14(3-7(19-6)9(16)17)8(15)4-18-5-10(11,12)13/h6-7H,2-5H2,1H3,(H,16,17)/t6-,7?/m1/s1. The number of ether oxygens (including phenoxy) is 2. The zero-order chi connectivity index (χ0) is 14.6. The molecule has 0 saturated carbocycles. The van der Waals surface area contributed by atoms with Crippen LogP contribution in [-0.2, 0) is 19.1 Å². The summed E-state index contributed by atoms with van der Waals surface area (Å²) in [6.45, 7) is -0.753. The second-order valence-electron chi connectivity index (χ2n) is 4.18. The molecule has 2 atom stereocenters.